The lowest BCUT2D eigenvalue weighted by atomic mass is 10.1. The Balaban J connectivity index is 2.09. The summed E-state index contributed by atoms with van der Waals surface area (Å²) in [5, 5.41) is 23.6. The van der Waals surface area contributed by atoms with Gasteiger partial charge >= 0.3 is 0 Å². The Bertz CT molecular complexity index is 416. The molecule has 0 aromatic heterocycles. The quantitative estimate of drug-likeness (QED) is 0.580. The zero-order valence-electron chi connectivity index (χ0n) is 9.44. The molecule has 0 saturated carbocycles. The molecule has 5 nitrogen and oxygen atoms in total. The summed E-state index contributed by atoms with van der Waals surface area (Å²) in [6, 6.07) is 4.85. The van der Waals surface area contributed by atoms with Gasteiger partial charge in [-0.05, 0) is 30.2 Å². The van der Waals surface area contributed by atoms with Crippen molar-refractivity contribution in [1.82, 2.24) is 5.32 Å². The van der Waals surface area contributed by atoms with Gasteiger partial charge in [0, 0.05) is 17.8 Å². The van der Waals surface area contributed by atoms with Crippen LogP contribution in [0.25, 0.3) is 0 Å². The largest absolute Gasteiger partial charge is 0.394 e. The third-order valence-corrected chi connectivity index (χ3v) is 2.85. The highest BCUT2D eigenvalue weighted by molar-refractivity contribution is 5.95. The summed E-state index contributed by atoms with van der Waals surface area (Å²) in [5.41, 5.74) is 2.75. The van der Waals surface area contributed by atoms with Crippen LogP contribution >= 0.6 is 0 Å². The molecule has 1 aliphatic heterocycles. The monoisotopic (exact) mass is 236 g/mol. The predicted octanol–water partition coefficient (Wildman–Crippen LogP) is -0.262. The van der Waals surface area contributed by atoms with E-state index in [1.807, 2.05) is 12.1 Å². The molecule has 0 fully saturated rings. The summed E-state index contributed by atoms with van der Waals surface area (Å²) < 4.78 is 0. The first-order chi connectivity index (χ1) is 8.24. The average Bonchev–Trinajstić information content (AvgIpc) is 2.82. The number of anilines is 1. The Hall–Kier alpha value is -1.59. The van der Waals surface area contributed by atoms with Gasteiger partial charge in [-0.25, -0.2) is 0 Å². The molecule has 1 aliphatic rings. The van der Waals surface area contributed by atoms with Gasteiger partial charge in [-0.2, -0.15) is 0 Å². The predicted molar refractivity (Wildman–Crippen MR) is 64.1 cm³/mol. The summed E-state index contributed by atoms with van der Waals surface area (Å²) in [6.45, 7) is 0.361. The molecular weight excluding hydrogens is 220 g/mol. The number of aliphatic hydroxyl groups excluding tert-OH is 2. The van der Waals surface area contributed by atoms with E-state index in [0.29, 0.717) is 5.56 Å². The molecule has 0 aliphatic carbocycles. The lowest BCUT2D eigenvalue weighted by molar-refractivity contribution is 0.0879. The molecule has 17 heavy (non-hydrogen) atoms. The normalized spacial score (nSPS) is 13.4. The van der Waals surface area contributed by atoms with E-state index in [4.69, 9.17) is 10.2 Å². The maximum absolute atomic E-state index is 11.8. The molecule has 0 saturated heterocycles. The van der Waals surface area contributed by atoms with Gasteiger partial charge in [0.05, 0.1) is 19.3 Å². The van der Waals surface area contributed by atoms with Crippen LogP contribution in [0.1, 0.15) is 15.9 Å². The fourth-order valence-corrected chi connectivity index (χ4v) is 1.86. The number of aliphatic hydroxyl groups is 2. The molecule has 0 spiro atoms. The molecule has 1 heterocycles. The van der Waals surface area contributed by atoms with Crippen LogP contribution in [-0.4, -0.2) is 41.9 Å². The zero-order valence-corrected chi connectivity index (χ0v) is 9.44. The minimum Gasteiger partial charge on any atom is -0.394 e. The third-order valence-electron chi connectivity index (χ3n) is 2.85. The molecule has 92 valence electrons. The first-order valence-electron chi connectivity index (χ1n) is 5.64. The summed E-state index contributed by atoms with van der Waals surface area (Å²) in [6.07, 6.45) is 0.917. The number of hydrogen-bond donors (Lipinski definition) is 4. The fourth-order valence-electron chi connectivity index (χ4n) is 1.86. The molecular formula is C12H16N2O3. The van der Waals surface area contributed by atoms with E-state index in [9.17, 15) is 4.79 Å². The molecule has 1 aromatic carbocycles. The lowest BCUT2D eigenvalue weighted by Crippen LogP contribution is -2.40. The number of carbonyl (C=O) groups excluding carboxylic acids is 1. The van der Waals surface area contributed by atoms with E-state index in [-0.39, 0.29) is 19.1 Å². The standard InChI is InChI=1S/C12H16N2O3/c15-6-10(7-16)14-12(17)9-1-2-11-8(5-9)3-4-13-11/h1-2,5,10,13,15-16H,3-4,6-7H2,(H,14,17). The molecule has 0 bridgehead atoms. The van der Waals surface area contributed by atoms with Crippen molar-refractivity contribution in [3.8, 4) is 0 Å². The van der Waals surface area contributed by atoms with E-state index < -0.39 is 6.04 Å². The van der Waals surface area contributed by atoms with Gasteiger partial charge in [-0.3, -0.25) is 4.79 Å². The van der Waals surface area contributed by atoms with Crippen molar-refractivity contribution in [2.75, 3.05) is 25.1 Å². The van der Waals surface area contributed by atoms with E-state index in [2.05, 4.69) is 10.6 Å². The Labute approximate surface area is 99.5 Å². The maximum atomic E-state index is 11.8. The van der Waals surface area contributed by atoms with Crippen LogP contribution in [0.2, 0.25) is 0 Å². The molecule has 0 atom stereocenters. The van der Waals surface area contributed by atoms with E-state index in [1.165, 1.54) is 0 Å². The van der Waals surface area contributed by atoms with Crippen LogP contribution in [0.3, 0.4) is 0 Å². The second-order valence-corrected chi connectivity index (χ2v) is 4.08. The summed E-state index contributed by atoms with van der Waals surface area (Å²) >= 11 is 0. The third kappa shape index (κ3) is 2.57. The Morgan fingerprint density at radius 1 is 1.41 bits per heavy atom. The first-order valence-corrected chi connectivity index (χ1v) is 5.64. The number of nitrogens with one attached hydrogen (secondary N) is 2. The zero-order chi connectivity index (χ0) is 12.3. The molecule has 5 heteroatoms. The average molecular weight is 236 g/mol. The van der Waals surface area contributed by atoms with Crippen molar-refractivity contribution in [2.24, 2.45) is 0 Å². The van der Waals surface area contributed by atoms with Crippen molar-refractivity contribution in [3.63, 3.8) is 0 Å². The smallest absolute Gasteiger partial charge is 0.251 e. The fraction of sp³-hybridized carbons (Fsp3) is 0.417. The van der Waals surface area contributed by atoms with Crippen molar-refractivity contribution < 1.29 is 15.0 Å². The molecule has 0 unspecified atom stereocenters. The maximum Gasteiger partial charge on any atom is 0.251 e. The van der Waals surface area contributed by atoms with Gasteiger partial charge in [0.15, 0.2) is 0 Å². The number of carbonyl (C=O) groups is 1. The summed E-state index contributed by atoms with van der Waals surface area (Å²) in [4.78, 5) is 11.8. The van der Waals surface area contributed by atoms with E-state index in [1.54, 1.807) is 6.07 Å². The van der Waals surface area contributed by atoms with Crippen molar-refractivity contribution in [3.05, 3.63) is 29.3 Å². The minimum absolute atomic E-state index is 0.269. The SMILES string of the molecule is O=C(NC(CO)CO)c1ccc2c(c1)CCN2. The van der Waals surface area contributed by atoms with Crippen LogP contribution < -0.4 is 10.6 Å². The highest BCUT2D eigenvalue weighted by atomic mass is 16.3. The number of fused-ring (bicyclic) bond motifs is 1. The number of rotatable bonds is 4. The van der Waals surface area contributed by atoms with E-state index in [0.717, 1.165) is 24.2 Å². The Kier molecular flexibility index (Phi) is 3.61. The van der Waals surface area contributed by atoms with Crippen LogP contribution in [0, 0.1) is 0 Å². The van der Waals surface area contributed by atoms with Gasteiger partial charge in [0.1, 0.15) is 0 Å². The second kappa shape index (κ2) is 5.16. The van der Waals surface area contributed by atoms with Crippen molar-refractivity contribution in [2.45, 2.75) is 12.5 Å². The minimum atomic E-state index is -0.603. The van der Waals surface area contributed by atoms with Crippen LogP contribution in [-0.2, 0) is 6.42 Å². The molecule has 0 radical (unpaired) electrons. The van der Waals surface area contributed by atoms with Gasteiger partial charge in [0.25, 0.3) is 5.91 Å². The molecule has 1 aromatic rings. The first kappa shape index (κ1) is 11.9. The van der Waals surface area contributed by atoms with Crippen LogP contribution in [0.5, 0.6) is 0 Å². The van der Waals surface area contributed by atoms with Gasteiger partial charge < -0.3 is 20.8 Å². The number of hydrogen-bond acceptors (Lipinski definition) is 4. The van der Waals surface area contributed by atoms with Crippen LogP contribution in [0.4, 0.5) is 5.69 Å². The summed E-state index contributed by atoms with van der Waals surface area (Å²) in [7, 11) is 0. The van der Waals surface area contributed by atoms with E-state index >= 15 is 0 Å². The highest BCUT2D eigenvalue weighted by Gasteiger charge is 2.15. The topological polar surface area (TPSA) is 81.6 Å². The lowest BCUT2D eigenvalue weighted by Gasteiger charge is -2.13. The van der Waals surface area contributed by atoms with Gasteiger partial charge in [-0.15, -0.1) is 0 Å². The van der Waals surface area contributed by atoms with Crippen LogP contribution in [0.15, 0.2) is 18.2 Å². The molecule has 4 N–H and O–H groups in total. The number of amides is 1. The Morgan fingerprint density at radius 3 is 2.88 bits per heavy atom. The molecule has 1 amide bonds. The van der Waals surface area contributed by atoms with Crippen molar-refractivity contribution >= 4 is 11.6 Å². The summed E-state index contributed by atoms with van der Waals surface area (Å²) in [5.74, 6) is -0.271. The Morgan fingerprint density at radius 2 is 2.18 bits per heavy atom. The van der Waals surface area contributed by atoms with Gasteiger partial charge in [-0.1, -0.05) is 0 Å². The van der Waals surface area contributed by atoms with Gasteiger partial charge in [0.2, 0.25) is 0 Å². The van der Waals surface area contributed by atoms with Crippen molar-refractivity contribution in [1.29, 1.82) is 0 Å². The molecule has 2 rings (SSSR count). The highest BCUT2D eigenvalue weighted by Crippen LogP contribution is 2.22. The second-order valence-electron chi connectivity index (χ2n) is 4.08. The number of benzene rings is 1.